The summed E-state index contributed by atoms with van der Waals surface area (Å²) < 4.78 is 7.18. The molecule has 0 unspecified atom stereocenters. The molecular weight excluding hydrogens is 492 g/mol. The SMILES string of the molecule is O=C(O)c1ccc(-n2nnnc2SC2CCN(C(=O)Oc3ccc(Cc4ccccn4)cc3)CC2)cc1. The molecule has 0 bridgehead atoms. The minimum atomic E-state index is -0.985. The topological polar surface area (TPSA) is 123 Å². The summed E-state index contributed by atoms with van der Waals surface area (Å²) in [5, 5.41) is 21.9. The van der Waals surface area contributed by atoms with Gasteiger partial charge in [-0.05, 0) is 77.4 Å². The van der Waals surface area contributed by atoms with Gasteiger partial charge < -0.3 is 14.7 Å². The van der Waals surface area contributed by atoms with E-state index in [-0.39, 0.29) is 16.9 Å². The molecule has 3 heterocycles. The first-order valence-electron chi connectivity index (χ1n) is 11.8. The number of rotatable bonds is 7. The Morgan fingerprint density at radius 2 is 1.76 bits per heavy atom. The Balaban J connectivity index is 1.12. The first-order valence-corrected chi connectivity index (χ1v) is 12.7. The first-order chi connectivity index (χ1) is 18.0. The van der Waals surface area contributed by atoms with Crippen molar-refractivity contribution in [1.29, 1.82) is 0 Å². The molecule has 188 valence electrons. The van der Waals surface area contributed by atoms with Crippen LogP contribution in [-0.4, -0.2) is 65.6 Å². The Morgan fingerprint density at radius 1 is 1.00 bits per heavy atom. The van der Waals surface area contributed by atoms with E-state index in [9.17, 15) is 9.59 Å². The zero-order valence-corrected chi connectivity index (χ0v) is 20.6. The third-order valence-corrected chi connectivity index (χ3v) is 7.28. The highest BCUT2D eigenvalue weighted by Crippen LogP contribution is 2.30. The van der Waals surface area contributed by atoms with E-state index in [1.165, 1.54) is 12.1 Å². The number of carboxylic acid groups (broad SMARTS) is 1. The maximum Gasteiger partial charge on any atom is 0.415 e. The molecule has 2 aromatic heterocycles. The lowest BCUT2D eigenvalue weighted by molar-refractivity contribution is 0.0696. The number of likely N-dealkylation sites (tertiary alicyclic amines) is 1. The molecule has 1 amide bonds. The zero-order valence-electron chi connectivity index (χ0n) is 19.8. The third kappa shape index (κ3) is 6.12. The van der Waals surface area contributed by atoms with Gasteiger partial charge in [0.1, 0.15) is 5.75 Å². The summed E-state index contributed by atoms with van der Waals surface area (Å²) in [5.74, 6) is -0.472. The second-order valence-corrected chi connectivity index (χ2v) is 9.81. The molecule has 0 radical (unpaired) electrons. The average molecular weight is 517 g/mol. The molecule has 0 atom stereocenters. The summed E-state index contributed by atoms with van der Waals surface area (Å²) >= 11 is 1.55. The van der Waals surface area contributed by atoms with Crippen molar-refractivity contribution < 1.29 is 19.4 Å². The number of benzene rings is 2. The van der Waals surface area contributed by atoms with E-state index in [0.29, 0.717) is 29.7 Å². The lowest BCUT2D eigenvalue weighted by Gasteiger charge is -2.30. The predicted molar refractivity (Wildman–Crippen MR) is 136 cm³/mol. The van der Waals surface area contributed by atoms with Gasteiger partial charge in [-0.25, -0.2) is 9.59 Å². The number of tetrazole rings is 1. The van der Waals surface area contributed by atoms with E-state index < -0.39 is 5.97 Å². The van der Waals surface area contributed by atoms with Crippen LogP contribution >= 0.6 is 11.8 Å². The quantitative estimate of drug-likeness (QED) is 0.387. The maximum absolute atomic E-state index is 12.7. The Hall–Kier alpha value is -4.25. The van der Waals surface area contributed by atoms with Crippen LogP contribution in [0, 0.1) is 0 Å². The molecule has 11 heteroatoms. The molecule has 1 saturated heterocycles. The van der Waals surface area contributed by atoms with Gasteiger partial charge in [0.15, 0.2) is 0 Å². The summed E-state index contributed by atoms with van der Waals surface area (Å²) in [4.78, 5) is 29.8. The van der Waals surface area contributed by atoms with Crippen LogP contribution < -0.4 is 4.74 Å². The molecule has 1 N–H and O–H groups in total. The summed E-state index contributed by atoms with van der Waals surface area (Å²) in [5.41, 5.74) is 2.96. The monoisotopic (exact) mass is 516 g/mol. The van der Waals surface area contributed by atoms with Crippen LogP contribution in [0.15, 0.2) is 78.1 Å². The number of carbonyl (C=O) groups is 2. The lowest BCUT2D eigenvalue weighted by atomic mass is 10.1. The fraction of sp³-hybridized carbons (Fsp3) is 0.231. The Morgan fingerprint density at radius 3 is 2.43 bits per heavy atom. The highest BCUT2D eigenvalue weighted by molar-refractivity contribution is 7.99. The predicted octanol–water partition coefficient (Wildman–Crippen LogP) is 4.10. The summed E-state index contributed by atoms with van der Waals surface area (Å²) in [6.45, 7) is 1.15. The van der Waals surface area contributed by atoms with Crippen LogP contribution in [0.4, 0.5) is 4.79 Å². The molecule has 0 aliphatic carbocycles. The van der Waals surface area contributed by atoms with Gasteiger partial charge in [-0.1, -0.05) is 30.0 Å². The normalized spacial score (nSPS) is 13.9. The van der Waals surface area contributed by atoms with Gasteiger partial charge in [0.05, 0.1) is 11.3 Å². The van der Waals surface area contributed by atoms with Crippen molar-refractivity contribution in [3.05, 3.63) is 89.7 Å². The van der Waals surface area contributed by atoms with Crippen molar-refractivity contribution in [2.45, 2.75) is 29.7 Å². The van der Waals surface area contributed by atoms with Gasteiger partial charge >= 0.3 is 12.1 Å². The number of aromatic carboxylic acids is 1. The summed E-state index contributed by atoms with van der Waals surface area (Å²) in [7, 11) is 0. The molecule has 10 nitrogen and oxygen atoms in total. The minimum absolute atomic E-state index is 0.200. The fourth-order valence-corrected chi connectivity index (χ4v) is 5.09. The molecule has 2 aromatic carbocycles. The van der Waals surface area contributed by atoms with Gasteiger partial charge in [-0.3, -0.25) is 4.98 Å². The molecule has 1 aliphatic heterocycles. The largest absolute Gasteiger partial charge is 0.478 e. The van der Waals surface area contributed by atoms with E-state index in [1.807, 2.05) is 42.5 Å². The van der Waals surface area contributed by atoms with Crippen molar-refractivity contribution in [2.24, 2.45) is 0 Å². The van der Waals surface area contributed by atoms with Crippen molar-refractivity contribution in [2.75, 3.05) is 13.1 Å². The molecule has 1 aliphatic rings. The summed E-state index contributed by atoms with van der Waals surface area (Å²) in [6.07, 6.45) is 3.68. The molecule has 0 spiro atoms. The van der Waals surface area contributed by atoms with E-state index >= 15 is 0 Å². The Bertz CT molecular complexity index is 1350. The maximum atomic E-state index is 12.7. The van der Waals surface area contributed by atoms with Gasteiger partial charge in [0, 0.05) is 36.7 Å². The number of piperidine rings is 1. The van der Waals surface area contributed by atoms with Gasteiger partial charge in [0.25, 0.3) is 0 Å². The highest BCUT2D eigenvalue weighted by Gasteiger charge is 2.26. The van der Waals surface area contributed by atoms with Crippen LogP contribution in [0.5, 0.6) is 5.75 Å². The average Bonchev–Trinajstić information content (AvgIpc) is 3.39. The van der Waals surface area contributed by atoms with Gasteiger partial charge in [-0.15, -0.1) is 5.10 Å². The Labute approximate surface area is 217 Å². The van der Waals surface area contributed by atoms with Crippen LogP contribution in [-0.2, 0) is 6.42 Å². The molecular formula is C26H24N6O4S. The Kier molecular flexibility index (Phi) is 7.41. The number of thioether (sulfide) groups is 1. The van der Waals surface area contributed by atoms with Crippen molar-refractivity contribution in [3.8, 4) is 11.4 Å². The van der Waals surface area contributed by atoms with E-state index in [1.54, 1.807) is 39.7 Å². The lowest BCUT2D eigenvalue weighted by Crippen LogP contribution is -2.41. The van der Waals surface area contributed by atoms with Crippen LogP contribution in [0.2, 0.25) is 0 Å². The number of nitrogens with zero attached hydrogens (tertiary/aromatic N) is 6. The van der Waals surface area contributed by atoms with Crippen molar-refractivity contribution in [1.82, 2.24) is 30.1 Å². The second-order valence-electron chi connectivity index (χ2n) is 8.54. The highest BCUT2D eigenvalue weighted by atomic mass is 32.2. The number of hydrogen-bond acceptors (Lipinski definition) is 8. The standard InChI is InChI=1S/C26H24N6O4S/c33-24(34)19-6-8-21(9-7-19)32-25(28-29-30-32)37-23-12-15-31(16-13-23)26(35)36-22-10-4-18(5-11-22)17-20-3-1-2-14-27-20/h1-11,14,23H,12-13,15-17H2,(H,33,34). The van der Waals surface area contributed by atoms with E-state index in [0.717, 1.165) is 30.5 Å². The fourth-order valence-electron chi connectivity index (χ4n) is 4.02. The molecule has 1 fully saturated rings. The minimum Gasteiger partial charge on any atom is -0.478 e. The third-order valence-electron chi connectivity index (χ3n) is 6.01. The molecule has 0 saturated carbocycles. The smallest absolute Gasteiger partial charge is 0.415 e. The van der Waals surface area contributed by atoms with Crippen molar-refractivity contribution >= 4 is 23.8 Å². The number of hydrogen-bond donors (Lipinski definition) is 1. The molecule has 4 aromatic rings. The van der Waals surface area contributed by atoms with Crippen molar-refractivity contribution in [3.63, 3.8) is 0 Å². The molecule has 37 heavy (non-hydrogen) atoms. The van der Waals surface area contributed by atoms with E-state index in [2.05, 4.69) is 20.5 Å². The van der Waals surface area contributed by atoms with Crippen LogP contribution in [0.25, 0.3) is 5.69 Å². The number of carbonyl (C=O) groups excluding carboxylic acids is 1. The number of pyridine rings is 1. The van der Waals surface area contributed by atoms with Gasteiger partial charge in [-0.2, -0.15) is 4.68 Å². The van der Waals surface area contributed by atoms with Crippen LogP contribution in [0.3, 0.4) is 0 Å². The second kappa shape index (κ2) is 11.2. The number of ether oxygens (including phenoxy) is 1. The van der Waals surface area contributed by atoms with Crippen LogP contribution in [0.1, 0.15) is 34.5 Å². The number of carboxylic acids is 1. The van der Waals surface area contributed by atoms with E-state index in [4.69, 9.17) is 9.84 Å². The molecule has 5 rings (SSSR count). The summed E-state index contributed by atoms with van der Waals surface area (Å²) in [6, 6.07) is 19.7. The number of amides is 1. The zero-order chi connectivity index (χ0) is 25.6. The number of aromatic nitrogens is 5. The first kappa shape index (κ1) is 24.4. The van der Waals surface area contributed by atoms with Gasteiger partial charge in [0.2, 0.25) is 5.16 Å².